The molecule has 86 valence electrons. The van der Waals surface area contributed by atoms with Crippen LogP contribution in [0.15, 0.2) is 24.3 Å². The molecule has 1 rings (SSSR count). The molecule has 0 aliphatic carbocycles. The molecule has 0 bridgehead atoms. The van der Waals surface area contributed by atoms with Crippen LogP contribution in [0.25, 0.3) is 0 Å². The Labute approximate surface area is 97.7 Å². The molecular weight excluding hydrogens is 198 g/mol. The van der Waals surface area contributed by atoms with Gasteiger partial charge in [0.05, 0.1) is 5.54 Å². The highest BCUT2D eigenvalue weighted by Crippen LogP contribution is 2.21. The maximum Gasteiger partial charge on any atom is 0.115 e. The first-order valence-corrected chi connectivity index (χ1v) is 5.53. The lowest BCUT2D eigenvalue weighted by Gasteiger charge is -2.27. The van der Waals surface area contributed by atoms with Crippen LogP contribution in [0.4, 0.5) is 0 Å². The molecule has 0 saturated heterocycles. The molecule has 2 N–H and O–H groups in total. The van der Waals surface area contributed by atoms with Gasteiger partial charge in [0.1, 0.15) is 5.75 Å². The Hall–Kier alpha value is -1.46. The summed E-state index contributed by atoms with van der Waals surface area (Å²) < 4.78 is 0. The minimum absolute atomic E-state index is 0.214. The van der Waals surface area contributed by atoms with Crippen molar-refractivity contribution in [1.29, 1.82) is 0 Å². The second kappa shape index (κ2) is 5.05. The molecule has 0 amide bonds. The van der Waals surface area contributed by atoms with Gasteiger partial charge in [-0.1, -0.05) is 25.0 Å². The summed E-state index contributed by atoms with van der Waals surface area (Å²) in [7, 11) is 0. The molecule has 0 aromatic heterocycles. The predicted molar refractivity (Wildman–Crippen MR) is 67.2 cm³/mol. The maximum absolute atomic E-state index is 9.24. The fourth-order valence-corrected chi connectivity index (χ4v) is 1.60. The van der Waals surface area contributed by atoms with Crippen molar-refractivity contribution in [3.05, 3.63) is 29.8 Å². The number of nitrogens with one attached hydrogen (secondary N) is 1. The summed E-state index contributed by atoms with van der Waals surface area (Å²) in [5.74, 6) is 3.01. The van der Waals surface area contributed by atoms with Crippen molar-refractivity contribution < 1.29 is 5.11 Å². The van der Waals surface area contributed by atoms with Gasteiger partial charge in [0, 0.05) is 6.04 Å². The lowest BCUT2D eigenvalue weighted by atomic mass is 9.99. The molecule has 0 radical (unpaired) electrons. The van der Waals surface area contributed by atoms with E-state index in [1.165, 1.54) is 0 Å². The molecule has 2 heteroatoms. The van der Waals surface area contributed by atoms with Crippen molar-refractivity contribution in [2.24, 2.45) is 0 Å². The molecule has 0 fully saturated rings. The molecule has 1 atom stereocenters. The van der Waals surface area contributed by atoms with Gasteiger partial charge >= 0.3 is 0 Å². The summed E-state index contributed by atoms with van der Waals surface area (Å²) in [5.41, 5.74) is 0.821. The summed E-state index contributed by atoms with van der Waals surface area (Å²) in [5, 5.41) is 12.6. The molecule has 1 unspecified atom stereocenters. The first-order valence-electron chi connectivity index (χ1n) is 5.53. The second-order valence-corrected chi connectivity index (χ2v) is 4.47. The topological polar surface area (TPSA) is 32.3 Å². The fourth-order valence-electron chi connectivity index (χ4n) is 1.60. The zero-order valence-electron chi connectivity index (χ0n) is 10.1. The van der Waals surface area contributed by atoms with Gasteiger partial charge in [-0.25, -0.2) is 0 Å². The number of aromatic hydroxyl groups is 1. The van der Waals surface area contributed by atoms with Crippen molar-refractivity contribution in [1.82, 2.24) is 5.32 Å². The van der Waals surface area contributed by atoms with E-state index in [1.54, 1.807) is 12.1 Å². The molecule has 1 aromatic carbocycles. The van der Waals surface area contributed by atoms with Crippen molar-refractivity contribution >= 4 is 0 Å². The smallest absolute Gasteiger partial charge is 0.115 e. The number of hydrogen-bond acceptors (Lipinski definition) is 2. The molecule has 1 aromatic rings. The van der Waals surface area contributed by atoms with Crippen LogP contribution >= 0.6 is 0 Å². The van der Waals surface area contributed by atoms with E-state index in [0.717, 1.165) is 12.0 Å². The third-order valence-electron chi connectivity index (χ3n) is 2.60. The Bertz CT molecular complexity index is 373. The van der Waals surface area contributed by atoms with Crippen LogP contribution in [0.2, 0.25) is 0 Å². The molecule has 0 saturated carbocycles. The van der Waals surface area contributed by atoms with Gasteiger partial charge < -0.3 is 5.11 Å². The second-order valence-electron chi connectivity index (χ2n) is 4.47. The van der Waals surface area contributed by atoms with E-state index in [4.69, 9.17) is 6.42 Å². The van der Waals surface area contributed by atoms with E-state index < -0.39 is 0 Å². The third kappa shape index (κ3) is 3.29. The Balaban J connectivity index is 2.84. The zero-order valence-corrected chi connectivity index (χ0v) is 10.1. The predicted octanol–water partition coefficient (Wildman–Crippen LogP) is 2.84. The third-order valence-corrected chi connectivity index (χ3v) is 2.60. The minimum atomic E-state index is -0.321. The molecule has 0 spiro atoms. The number of rotatable bonds is 4. The molecular formula is C14H19NO. The maximum atomic E-state index is 9.24. The Morgan fingerprint density at radius 3 is 2.38 bits per heavy atom. The fraction of sp³-hybridized carbons (Fsp3) is 0.429. The van der Waals surface area contributed by atoms with Crippen LogP contribution in [0.3, 0.4) is 0 Å². The van der Waals surface area contributed by atoms with E-state index >= 15 is 0 Å². The number of phenolic OH excluding ortho intramolecular Hbond substituents is 1. The average molecular weight is 217 g/mol. The van der Waals surface area contributed by atoms with Gasteiger partial charge in [0.2, 0.25) is 0 Å². The van der Waals surface area contributed by atoms with Gasteiger partial charge in [0.25, 0.3) is 0 Å². The minimum Gasteiger partial charge on any atom is -0.508 e. The summed E-state index contributed by atoms with van der Waals surface area (Å²) in [4.78, 5) is 0. The summed E-state index contributed by atoms with van der Waals surface area (Å²) >= 11 is 0. The monoisotopic (exact) mass is 217 g/mol. The van der Waals surface area contributed by atoms with Crippen LogP contribution in [-0.4, -0.2) is 10.6 Å². The Morgan fingerprint density at radius 1 is 1.38 bits per heavy atom. The first-order chi connectivity index (χ1) is 7.48. The van der Waals surface area contributed by atoms with Crippen LogP contribution in [0.1, 0.15) is 38.8 Å². The Morgan fingerprint density at radius 2 is 1.94 bits per heavy atom. The molecule has 16 heavy (non-hydrogen) atoms. The van der Waals surface area contributed by atoms with Crippen LogP contribution < -0.4 is 5.32 Å². The highest BCUT2D eigenvalue weighted by molar-refractivity contribution is 5.28. The van der Waals surface area contributed by atoms with Gasteiger partial charge in [0.15, 0.2) is 0 Å². The van der Waals surface area contributed by atoms with Crippen molar-refractivity contribution in [2.45, 2.75) is 38.8 Å². The van der Waals surface area contributed by atoms with Gasteiger partial charge in [-0.3, -0.25) is 5.32 Å². The quantitative estimate of drug-likeness (QED) is 0.760. The normalized spacial score (nSPS) is 13.1. The van der Waals surface area contributed by atoms with E-state index in [0.29, 0.717) is 0 Å². The Kier molecular flexibility index (Phi) is 3.98. The molecule has 0 aliphatic heterocycles. The summed E-state index contributed by atoms with van der Waals surface area (Å²) in [6.07, 6.45) is 6.41. The van der Waals surface area contributed by atoms with Crippen LogP contribution in [0.5, 0.6) is 5.75 Å². The van der Waals surface area contributed by atoms with Crippen molar-refractivity contribution in [2.75, 3.05) is 0 Å². The van der Waals surface area contributed by atoms with Gasteiger partial charge in [-0.2, -0.15) is 0 Å². The molecule has 2 nitrogen and oxygen atoms in total. The largest absolute Gasteiger partial charge is 0.508 e. The van der Waals surface area contributed by atoms with Crippen LogP contribution in [-0.2, 0) is 0 Å². The van der Waals surface area contributed by atoms with Crippen molar-refractivity contribution in [3.8, 4) is 18.1 Å². The van der Waals surface area contributed by atoms with E-state index in [1.807, 2.05) is 26.0 Å². The van der Waals surface area contributed by atoms with E-state index in [9.17, 15) is 5.11 Å². The number of benzene rings is 1. The van der Waals surface area contributed by atoms with E-state index in [2.05, 4.69) is 18.2 Å². The van der Waals surface area contributed by atoms with Crippen molar-refractivity contribution in [3.63, 3.8) is 0 Å². The van der Waals surface area contributed by atoms with Gasteiger partial charge in [-0.15, -0.1) is 6.42 Å². The molecule has 0 aliphatic rings. The average Bonchev–Trinajstić information content (AvgIpc) is 2.27. The molecule has 0 heterocycles. The van der Waals surface area contributed by atoms with Gasteiger partial charge in [-0.05, 0) is 38.0 Å². The van der Waals surface area contributed by atoms with Crippen LogP contribution in [0, 0.1) is 12.3 Å². The van der Waals surface area contributed by atoms with E-state index in [-0.39, 0.29) is 17.3 Å². The highest BCUT2D eigenvalue weighted by atomic mass is 16.3. The first kappa shape index (κ1) is 12.6. The number of terminal acetylenes is 1. The standard InChI is InChI=1S/C14H19NO/c1-5-13(15-14(3,4)6-2)11-7-9-12(16)10-8-11/h2,7-10,13,15-16H,5H2,1,3-4H3. The SMILES string of the molecule is C#CC(C)(C)NC(CC)c1ccc(O)cc1. The lowest BCUT2D eigenvalue weighted by Crippen LogP contribution is -2.40. The lowest BCUT2D eigenvalue weighted by molar-refractivity contribution is 0.403. The zero-order chi connectivity index (χ0) is 12.2. The number of phenols is 1. The summed E-state index contributed by atoms with van der Waals surface area (Å²) in [6.45, 7) is 6.07. The number of hydrogen-bond donors (Lipinski definition) is 2. The summed E-state index contributed by atoms with van der Waals surface area (Å²) in [6, 6.07) is 7.45. The highest BCUT2D eigenvalue weighted by Gasteiger charge is 2.19.